The molecule has 1 saturated heterocycles. The SMILES string of the molecule is CCc1cc(Nc2nccn3c(-c4ccc(C)c(F)c4F)cnc23)ccc1C(=O)NCC1(O)CNC1. The van der Waals surface area contributed by atoms with Gasteiger partial charge in [-0.15, -0.1) is 0 Å². The van der Waals surface area contributed by atoms with Gasteiger partial charge in [-0.05, 0) is 48.7 Å². The molecular weight excluding hydrogens is 466 g/mol. The van der Waals surface area contributed by atoms with Crippen molar-refractivity contribution in [3.05, 3.63) is 77.2 Å². The molecule has 1 aliphatic heterocycles. The van der Waals surface area contributed by atoms with Gasteiger partial charge in [0.2, 0.25) is 0 Å². The van der Waals surface area contributed by atoms with Crippen LogP contribution in [0.15, 0.2) is 48.9 Å². The van der Waals surface area contributed by atoms with Gasteiger partial charge in [-0.2, -0.15) is 0 Å². The molecule has 1 amide bonds. The van der Waals surface area contributed by atoms with Crippen molar-refractivity contribution in [3.8, 4) is 11.3 Å². The lowest BCUT2D eigenvalue weighted by atomic mass is 9.97. The maximum absolute atomic E-state index is 14.6. The number of β-amino-alcohol motifs (C(OH)–C–C–N with tert-alkyl or cyclic N) is 1. The molecule has 0 bridgehead atoms. The van der Waals surface area contributed by atoms with Crippen molar-refractivity contribution in [2.45, 2.75) is 25.9 Å². The number of amides is 1. The molecule has 4 N–H and O–H groups in total. The lowest BCUT2D eigenvalue weighted by Crippen LogP contribution is -2.64. The van der Waals surface area contributed by atoms with E-state index < -0.39 is 17.2 Å². The number of imidazole rings is 1. The van der Waals surface area contributed by atoms with Gasteiger partial charge in [-0.1, -0.05) is 13.0 Å². The van der Waals surface area contributed by atoms with Gasteiger partial charge in [0.05, 0.1) is 11.9 Å². The zero-order chi connectivity index (χ0) is 25.4. The predicted octanol–water partition coefficient (Wildman–Crippen LogP) is 3.35. The number of hydrogen-bond acceptors (Lipinski definition) is 6. The monoisotopic (exact) mass is 492 g/mol. The largest absolute Gasteiger partial charge is 0.385 e. The van der Waals surface area contributed by atoms with Crippen LogP contribution in [0.3, 0.4) is 0 Å². The van der Waals surface area contributed by atoms with E-state index in [1.807, 2.05) is 13.0 Å². The smallest absolute Gasteiger partial charge is 0.251 e. The number of aromatic nitrogens is 3. The Balaban J connectivity index is 1.41. The number of carbonyl (C=O) groups is 1. The molecule has 0 saturated carbocycles. The Bertz CT molecular complexity index is 1460. The van der Waals surface area contributed by atoms with Crippen LogP contribution in [-0.2, 0) is 6.42 Å². The van der Waals surface area contributed by atoms with Crippen LogP contribution < -0.4 is 16.0 Å². The van der Waals surface area contributed by atoms with Crippen molar-refractivity contribution in [1.82, 2.24) is 25.0 Å². The number of aliphatic hydroxyl groups is 1. The Morgan fingerprint density at radius 3 is 2.72 bits per heavy atom. The van der Waals surface area contributed by atoms with E-state index in [9.17, 15) is 18.7 Å². The summed E-state index contributed by atoms with van der Waals surface area (Å²) in [6.07, 6.45) is 5.28. The Kier molecular flexibility index (Phi) is 6.15. The van der Waals surface area contributed by atoms with E-state index in [0.717, 1.165) is 5.56 Å². The van der Waals surface area contributed by atoms with E-state index in [4.69, 9.17) is 0 Å². The van der Waals surface area contributed by atoms with Gasteiger partial charge in [0.1, 0.15) is 5.60 Å². The number of carbonyl (C=O) groups excluding carboxylic acids is 1. The highest BCUT2D eigenvalue weighted by Gasteiger charge is 2.34. The van der Waals surface area contributed by atoms with Crippen molar-refractivity contribution in [1.29, 1.82) is 0 Å². The van der Waals surface area contributed by atoms with E-state index in [1.54, 1.807) is 28.9 Å². The van der Waals surface area contributed by atoms with Crippen molar-refractivity contribution in [2.75, 3.05) is 25.0 Å². The number of anilines is 2. The minimum Gasteiger partial charge on any atom is -0.385 e. The third-order valence-electron chi connectivity index (χ3n) is 6.46. The molecule has 0 atom stereocenters. The highest BCUT2D eigenvalue weighted by molar-refractivity contribution is 5.96. The van der Waals surface area contributed by atoms with Crippen molar-refractivity contribution >= 4 is 23.1 Å². The number of aryl methyl sites for hydroxylation is 2. The highest BCUT2D eigenvalue weighted by Crippen LogP contribution is 2.29. The number of rotatable bonds is 7. The summed E-state index contributed by atoms with van der Waals surface area (Å²) in [4.78, 5) is 21.5. The van der Waals surface area contributed by atoms with Gasteiger partial charge in [0.25, 0.3) is 5.91 Å². The van der Waals surface area contributed by atoms with Crippen LogP contribution in [0.1, 0.15) is 28.4 Å². The molecule has 8 nitrogen and oxygen atoms in total. The molecule has 186 valence electrons. The van der Waals surface area contributed by atoms with Crippen LogP contribution in [0.25, 0.3) is 16.9 Å². The van der Waals surface area contributed by atoms with Crippen LogP contribution in [0, 0.1) is 18.6 Å². The van der Waals surface area contributed by atoms with Gasteiger partial charge in [-0.3, -0.25) is 9.20 Å². The molecule has 2 aromatic heterocycles. The minimum atomic E-state index is -0.926. The zero-order valence-electron chi connectivity index (χ0n) is 19.9. The molecule has 3 heterocycles. The number of halogens is 2. The topological polar surface area (TPSA) is 104 Å². The number of hydrogen-bond donors (Lipinski definition) is 4. The summed E-state index contributed by atoms with van der Waals surface area (Å²) in [5, 5.41) is 19.2. The first kappa shape index (κ1) is 23.8. The standard InChI is InChI=1S/C26H26F2N6O2/c1-3-16-10-17(5-7-18(16)25(35)32-14-26(36)12-29-13-26)33-23-24-31-11-20(34(24)9-8-30-23)19-6-4-15(2)21(27)22(19)28/h4-11,29,36H,3,12-14H2,1-2H3,(H,30,33)(H,32,35). The molecule has 0 aliphatic carbocycles. The zero-order valence-corrected chi connectivity index (χ0v) is 19.9. The second-order valence-electron chi connectivity index (χ2n) is 9.03. The van der Waals surface area contributed by atoms with E-state index in [-0.39, 0.29) is 23.6 Å². The quantitative estimate of drug-likeness (QED) is 0.316. The van der Waals surface area contributed by atoms with Crippen molar-refractivity contribution < 1.29 is 18.7 Å². The Morgan fingerprint density at radius 1 is 1.19 bits per heavy atom. The maximum Gasteiger partial charge on any atom is 0.251 e. The fraction of sp³-hybridized carbons (Fsp3) is 0.269. The number of benzene rings is 2. The van der Waals surface area contributed by atoms with Gasteiger partial charge in [0.15, 0.2) is 23.1 Å². The normalized spacial score (nSPS) is 14.5. The van der Waals surface area contributed by atoms with Crippen LogP contribution in [0.2, 0.25) is 0 Å². The Morgan fingerprint density at radius 2 is 2.00 bits per heavy atom. The second kappa shape index (κ2) is 9.29. The van der Waals surface area contributed by atoms with Crippen molar-refractivity contribution in [2.24, 2.45) is 0 Å². The van der Waals surface area contributed by atoms with Crippen LogP contribution >= 0.6 is 0 Å². The fourth-order valence-corrected chi connectivity index (χ4v) is 4.25. The summed E-state index contributed by atoms with van der Waals surface area (Å²) in [5.74, 6) is -1.63. The first-order valence-electron chi connectivity index (χ1n) is 11.7. The third-order valence-corrected chi connectivity index (χ3v) is 6.46. The summed E-state index contributed by atoms with van der Waals surface area (Å²) in [7, 11) is 0. The summed E-state index contributed by atoms with van der Waals surface area (Å²) >= 11 is 0. The molecule has 4 aromatic rings. The Labute approximate surface area is 206 Å². The fourth-order valence-electron chi connectivity index (χ4n) is 4.25. The maximum atomic E-state index is 14.6. The number of fused-ring (bicyclic) bond motifs is 1. The van der Waals surface area contributed by atoms with E-state index in [1.165, 1.54) is 25.3 Å². The lowest BCUT2D eigenvalue weighted by Gasteiger charge is -2.37. The van der Waals surface area contributed by atoms with Gasteiger partial charge >= 0.3 is 0 Å². The van der Waals surface area contributed by atoms with Crippen LogP contribution in [-0.4, -0.2) is 50.6 Å². The molecule has 2 aromatic carbocycles. The molecule has 1 aliphatic rings. The molecule has 1 fully saturated rings. The predicted molar refractivity (Wildman–Crippen MR) is 132 cm³/mol. The molecule has 0 spiro atoms. The van der Waals surface area contributed by atoms with E-state index in [2.05, 4.69) is 25.9 Å². The first-order chi connectivity index (χ1) is 17.3. The summed E-state index contributed by atoms with van der Waals surface area (Å²) in [6.45, 7) is 4.56. The molecule has 10 heteroatoms. The summed E-state index contributed by atoms with van der Waals surface area (Å²) in [6, 6.07) is 8.40. The van der Waals surface area contributed by atoms with Gasteiger partial charge < -0.3 is 21.1 Å². The molecule has 0 radical (unpaired) electrons. The third kappa shape index (κ3) is 4.29. The summed E-state index contributed by atoms with van der Waals surface area (Å²) < 4.78 is 30.4. The van der Waals surface area contributed by atoms with Crippen LogP contribution in [0.5, 0.6) is 0 Å². The van der Waals surface area contributed by atoms with E-state index >= 15 is 0 Å². The minimum absolute atomic E-state index is 0.105. The summed E-state index contributed by atoms with van der Waals surface area (Å²) in [5.41, 5.74) is 2.33. The Hall–Kier alpha value is -3.89. The van der Waals surface area contributed by atoms with Gasteiger partial charge in [-0.25, -0.2) is 18.7 Å². The van der Waals surface area contributed by atoms with Crippen molar-refractivity contribution in [3.63, 3.8) is 0 Å². The highest BCUT2D eigenvalue weighted by atomic mass is 19.2. The van der Waals surface area contributed by atoms with Gasteiger partial charge in [0, 0.05) is 48.8 Å². The molecular formula is C26H26F2N6O2. The van der Waals surface area contributed by atoms with Crippen LogP contribution in [0.4, 0.5) is 20.3 Å². The first-order valence-corrected chi connectivity index (χ1v) is 11.7. The molecule has 36 heavy (non-hydrogen) atoms. The average Bonchev–Trinajstić information content (AvgIpc) is 3.29. The second-order valence-corrected chi connectivity index (χ2v) is 9.03. The van der Waals surface area contributed by atoms with E-state index in [0.29, 0.717) is 47.9 Å². The lowest BCUT2D eigenvalue weighted by molar-refractivity contribution is -0.00760. The average molecular weight is 493 g/mol. The number of nitrogens with zero attached hydrogens (tertiary/aromatic N) is 3. The molecule has 0 unspecified atom stereocenters. The molecule has 5 rings (SSSR count). The number of nitrogens with one attached hydrogen (secondary N) is 3.